The summed E-state index contributed by atoms with van der Waals surface area (Å²) in [5, 5.41) is 16.3. The van der Waals surface area contributed by atoms with E-state index in [1.165, 1.54) is 0 Å². The number of aromatic nitrogens is 1. The SMILES string of the molecule is CNC(=N)NC(=Nc1cccnc1)Nc1ccccc1.Cl. The second kappa shape index (κ2) is 8.55. The number of para-hydroxylation sites is 1. The van der Waals surface area contributed by atoms with Gasteiger partial charge in [0, 0.05) is 18.9 Å². The van der Waals surface area contributed by atoms with Crippen molar-refractivity contribution >= 4 is 35.7 Å². The first-order valence-corrected chi connectivity index (χ1v) is 6.12. The van der Waals surface area contributed by atoms with Crippen LogP contribution in [0.5, 0.6) is 0 Å². The highest BCUT2D eigenvalue weighted by molar-refractivity contribution is 6.05. The zero-order chi connectivity index (χ0) is 14.2. The summed E-state index contributed by atoms with van der Waals surface area (Å²) < 4.78 is 0. The van der Waals surface area contributed by atoms with Gasteiger partial charge in [-0.25, -0.2) is 4.99 Å². The van der Waals surface area contributed by atoms with Crippen LogP contribution in [0.2, 0.25) is 0 Å². The van der Waals surface area contributed by atoms with Crippen LogP contribution in [0, 0.1) is 5.41 Å². The molecule has 1 heterocycles. The summed E-state index contributed by atoms with van der Waals surface area (Å²) in [5.41, 5.74) is 1.58. The van der Waals surface area contributed by atoms with Crippen LogP contribution in [0.4, 0.5) is 11.4 Å². The fourth-order valence-electron chi connectivity index (χ4n) is 1.48. The first kappa shape index (κ1) is 16.5. The fourth-order valence-corrected chi connectivity index (χ4v) is 1.48. The average molecular weight is 305 g/mol. The van der Waals surface area contributed by atoms with Gasteiger partial charge in [-0.05, 0) is 24.3 Å². The van der Waals surface area contributed by atoms with Crippen molar-refractivity contribution in [3.8, 4) is 0 Å². The van der Waals surface area contributed by atoms with Crippen molar-refractivity contribution in [2.24, 2.45) is 4.99 Å². The second-order valence-corrected chi connectivity index (χ2v) is 3.91. The van der Waals surface area contributed by atoms with Crippen LogP contribution in [0.3, 0.4) is 0 Å². The molecule has 0 saturated carbocycles. The molecule has 0 aliphatic carbocycles. The molecule has 2 aromatic rings. The molecule has 1 aromatic heterocycles. The van der Waals surface area contributed by atoms with Gasteiger partial charge >= 0.3 is 0 Å². The van der Waals surface area contributed by atoms with Crippen LogP contribution in [0.15, 0.2) is 59.9 Å². The number of guanidine groups is 2. The van der Waals surface area contributed by atoms with Gasteiger partial charge in [0.25, 0.3) is 0 Å². The number of rotatable bonds is 2. The molecule has 1 aromatic carbocycles. The van der Waals surface area contributed by atoms with Gasteiger partial charge in [0.15, 0.2) is 5.96 Å². The Hall–Kier alpha value is -2.60. The quantitative estimate of drug-likeness (QED) is 0.507. The Bertz CT molecular complexity index is 585. The molecular weight excluding hydrogens is 288 g/mol. The van der Waals surface area contributed by atoms with E-state index in [0.717, 1.165) is 5.69 Å². The number of pyridine rings is 1. The second-order valence-electron chi connectivity index (χ2n) is 3.91. The predicted molar refractivity (Wildman–Crippen MR) is 88.6 cm³/mol. The van der Waals surface area contributed by atoms with E-state index in [1.54, 1.807) is 19.4 Å². The van der Waals surface area contributed by atoms with Gasteiger partial charge in [0.05, 0.1) is 11.9 Å². The van der Waals surface area contributed by atoms with Crippen molar-refractivity contribution < 1.29 is 0 Å². The van der Waals surface area contributed by atoms with E-state index >= 15 is 0 Å². The number of nitrogens with one attached hydrogen (secondary N) is 4. The predicted octanol–water partition coefficient (Wildman–Crippen LogP) is 2.35. The van der Waals surface area contributed by atoms with Crippen LogP contribution in [-0.4, -0.2) is 24.0 Å². The lowest BCUT2D eigenvalue weighted by Crippen LogP contribution is -2.41. The Morgan fingerprint density at radius 2 is 1.90 bits per heavy atom. The molecule has 0 bridgehead atoms. The van der Waals surface area contributed by atoms with E-state index in [0.29, 0.717) is 11.6 Å². The van der Waals surface area contributed by atoms with Crippen molar-refractivity contribution in [1.29, 1.82) is 5.41 Å². The van der Waals surface area contributed by atoms with Gasteiger partial charge in [-0.1, -0.05) is 18.2 Å². The molecule has 0 unspecified atom stereocenters. The van der Waals surface area contributed by atoms with E-state index < -0.39 is 0 Å². The van der Waals surface area contributed by atoms with E-state index in [4.69, 9.17) is 5.41 Å². The summed E-state index contributed by atoms with van der Waals surface area (Å²) in [6, 6.07) is 13.3. The number of anilines is 1. The Balaban J connectivity index is 0.00000220. The third-order valence-electron chi connectivity index (χ3n) is 2.42. The normalized spacial score (nSPS) is 10.2. The van der Waals surface area contributed by atoms with Crippen molar-refractivity contribution in [3.05, 3.63) is 54.9 Å². The highest BCUT2D eigenvalue weighted by atomic mass is 35.5. The summed E-state index contributed by atoms with van der Waals surface area (Å²) in [6.07, 6.45) is 3.34. The lowest BCUT2D eigenvalue weighted by atomic mass is 10.3. The van der Waals surface area contributed by atoms with Gasteiger partial charge in [-0.2, -0.15) is 0 Å². The summed E-state index contributed by atoms with van der Waals surface area (Å²) >= 11 is 0. The molecule has 0 fully saturated rings. The topological polar surface area (TPSA) is 85.2 Å². The van der Waals surface area contributed by atoms with Crippen molar-refractivity contribution in [2.45, 2.75) is 0 Å². The van der Waals surface area contributed by atoms with Crippen molar-refractivity contribution in [3.63, 3.8) is 0 Å². The van der Waals surface area contributed by atoms with Gasteiger partial charge in [0.2, 0.25) is 5.96 Å². The lowest BCUT2D eigenvalue weighted by Gasteiger charge is -2.12. The highest BCUT2D eigenvalue weighted by Crippen LogP contribution is 2.10. The smallest absolute Gasteiger partial charge is 0.207 e. The molecule has 110 valence electrons. The zero-order valence-electron chi connectivity index (χ0n) is 11.5. The summed E-state index contributed by atoms with van der Waals surface area (Å²) in [6.45, 7) is 0. The Morgan fingerprint density at radius 3 is 2.52 bits per heavy atom. The van der Waals surface area contributed by atoms with Crippen molar-refractivity contribution in [1.82, 2.24) is 15.6 Å². The third-order valence-corrected chi connectivity index (χ3v) is 2.42. The summed E-state index contributed by atoms with van der Waals surface area (Å²) in [5.74, 6) is 0.597. The largest absolute Gasteiger partial charge is 0.359 e. The van der Waals surface area contributed by atoms with E-state index in [2.05, 4.69) is 25.9 Å². The Kier molecular flexibility index (Phi) is 6.70. The maximum absolute atomic E-state index is 7.64. The molecule has 0 radical (unpaired) electrons. The number of halogens is 1. The maximum Gasteiger partial charge on any atom is 0.207 e. The molecule has 0 aliphatic heterocycles. The van der Waals surface area contributed by atoms with E-state index in [1.807, 2.05) is 42.5 Å². The van der Waals surface area contributed by atoms with Gasteiger partial charge in [-0.3, -0.25) is 15.7 Å². The first-order chi connectivity index (χ1) is 9.78. The molecule has 0 saturated heterocycles. The van der Waals surface area contributed by atoms with Crippen LogP contribution in [-0.2, 0) is 0 Å². The fraction of sp³-hybridized carbons (Fsp3) is 0.0714. The molecular formula is C14H17ClN6. The molecule has 6 nitrogen and oxygen atoms in total. The molecule has 0 amide bonds. The number of aliphatic imine (C=N–C) groups is 1. The number of hydrogen-bond acceptors (Lipinski definition) is 3. The number of hydrogen-bond donors (Lipinski definition) is 4. The number of nitrogens with zero attached hydrogens (tertiary/aromatic N) is 2. The molecule has 4 N–H and O–H groups in total. The van der Waals surface area contributed by atoms with E-state index in [-0.39, 0.29) is 18.4 Å². The maximum atomic E-state index is 7.64. The zero-order valence-corrected chi connectivity index (χ0v) is 12.3. The minimum absolute atomic E-state index is 0. The van der Waals surface area contributed by atoms with Crippen LogP contribution in [0.1, 0.15) is 0 Å². The average Bonchev–Trinajstić information content (AvgIpc) is 2.49. The molecule has 0 atom stereocenters. The number of benzene rings is 1. The van der Waals surface area contributed by atoms with Crippen LogP contribution < -0.4 is 16.0 Å². The lowest BCUT2D eigenvalue weighted by molar-refractivity contribution is 1.06. The molecule has 21 heavy (non-hydrogen) atoms. The van der Waals surface area contributed by atoms with Gasteiger partial charge in [-0.15, -0.1) is 12.4 Å². The third kappa shape index (κ3) is 5.50. The summed E-state index contributed by atoms with van der Waals surface area (Å²) in [4.78, 5) is 8.41. The van der Waals surface area contributed by atoms with Gasteiger partial charge in [0.1, 0.15) is 0 Å². The minimum atomic E-state index is 0. The molecule has 0 aliphatic rings. The first-order valence-electron chi connectivity index (χ1n) is 6.12. The molecule has 2 rings (SSSR count). The van der Waals surface area contributed by atoms with Crippen LogP contribution in [0.25, 0.3) is 0 Å². The molecule has 7 heteroatoms. The molecule has 0 spiro atoms. The Labute approximate surface area is 129 Å². The van der Waals surface area contributed by atoms with Gasteiger partial charge < -0.3 is 10.6 Å². The monoisotopic (exact) mass is 304 g/mol. The standard InChI is InChI=1S/C14H16N6.ClH/c1-16-13(15)20-14(18-11-6-3-2-4-7-11)19-12-8-5-9-17-10-12;/h2-10H,1H3,(H4,15,16,18,19,20);1H. The Morgan fingerprint density at radius 1 is 1.14 bits per heavy atom. The minimum Gasteiger partial charge on any atom is -0.359 e. The van der Waals surface area contributed by atoms with Crippen molar-refractivity contribution in [2.75, 3.05) is 12.4 Å². The summed E-state index contributed by atoms with van der Waals surface area (Å²) in [7, 11) is 1.67. The van der Waals surface area contributed by atoms with Crippen LogP contribution >= 0.6 is 12.4 Å². The van der Waals surface area contributed by atoms with E-state index in [9.17, 15) is 0 Å². The highest BCUT2D eigenvalue weighted by Gasteiger charge is 2.02.